The SMILES string of the molecule is Cc1ccc(S(=O)(=O)N2C(CCc3nnc(C)o3)CCC2c2ccc(F)cc2)cc1. The van der Waals surface area contributed by atoms with Crippen LogP contribution in [0.1, 0.15) is 48.2 Å². The second-order valence-corrected chi connectivity index (χ2v) is 9.54. The molecule has 1 fully saturated rings. The number of aryl methyl sites for hydroxylation is 3. The molecule has 2 aromatic carbocycles. The lowest BCUT2D eigenvalue weighted by Gasteiger charge is -2.29. The van der Waals surface area contributed by atoms with Crippen molar-refractivity contribution in [2.75, 3.05) is 0 Å². The van der Waals surface area contributed by atoms with Crippen molar-refractivity contribution < 1.29 is 17.2 Å². The molecule has 4 rings (SSSR count). The van der Waals surface area contributed by atoms with E-state index in [9.17, 15) is 12.8 Å². The fourth-order valence-electron chi connectivity index (χ4n) is 4.05. The molecule has 0 aliphatic carbocycles. The van der Waals surface area contributed by atoms with E-state index in [2.05, 4.69) is 10.2 Å². The Morgan fingerprint density at radius 3 is 2.37 bits per heavy atom. The maximum absolute atomic E-state index is 13.6. The third-order valence-corrected chi connectivity index (χ3v) is 7.53. The minimum atomic E-state index is -3.74. The maximum Gasteiger partial charge on any atom is 0.243 e. The van der Waals surface area contributed by atoms with Gasteiger partial charge in [-0.2, -0.15) is 4.31 Å². The maximum atomic E-state index is 13.6. The highest BCUT2D eigenvalue weighted by Crippen LogP contribution is 2.42. The van der Waals surface area contributed by atoms with Crippen LogP contribution in [0.15, 0.2) is 57.8 Å². The Morgan fingerprint density at radius 1 is 1.03 bits per heavy atom. The molecule has 0 N–H and O–H groups in total. The molecule has 1 aromatic heterocycles. The number of benzene rings is 2. The van der Waals surface area contributed by atoms with E-state index in [0.717, 1.165) is 11.1 Å². The van der Waals surface area contributed by atoms with Gasteiger partial charge in [0.05, 0.1) is 10.9 Å². The molecule has 0 bridgehead atoms. The molecular weight excluding hydrogens is 405 g/mol. The van der Waals surface area contributed by atoms with Crippen LogP contribution in [0.4, 0.5) is 4.39 Å². The van der Waals surface area contributed by atoms with Crippen molar-refractivity contribution in [1.82, 2.24) is 14.5 Å². The first-order valence-electron chi connectivity index (χ1n) is 9.99. The molecular formula is C22H24FN3O3S. The van der Waals surface area contributed by atoms with Crippen LogP contribution < -0.4 is 0 Å². The third-order valence-electron chi connectivity index (χ3n) is 5.55. The molecule has 158 valence electrons. The lowest BCUT2D eigenvalue weighted by molar-refractivity contribution is 0.306. The summed E-state index contributed by atoms with van der Waals surface area (Å²) in [6.07, 6.45) is 2.45. The Hall–Kier alpha value is -2.58. The van der Waals surface area contributed by atoms with Crippen LogP contribution in [-0.2, 0) is 16.4 Å². The summed E-state index contributed by atoms with van der Waals surface area (Å²) in [5.41, 5.74) is 1.79. The summed E-state index contributed by atoms with van der Waals surface area (Å²) in [6, 6.07) is 12.4. The zero-order chi connectivity index (χ0) is 21.3. The average molecular weight is 430 g/mol. The summed E-state index contributed by atoms with van der Waals surface area (Å²) in [4.78, 5) is 0.265. The molecule has 30 heavy (non-hydrogen) atoms. The summed E-state index contributed by atoms with van der Waals surface area (Å²) >= 11 is 0. The van der Waals surface area contributed by atoms with Crippen LogP contribution in [0.2, 0.25) is 0 Å². The Morgan fingerprint density at radius 2 is 1.73 bits per heavy atom. The van der Waals surface area contributed by atoms with Gasteiger partial charge in [0.15, 0.2) is 0 Å². The first-order valence-corrected chi connectivity index (χ1v) is 11.4. The number of sulfonamides is 1. The average Bonchev–Trinajstić information content (AvgIpc) is 3.34. The van der Waals surface area contributed by atoms with E-state index in [0.29, 0.717) is 37.5 Å². The minimum Gasteiger partial charge on any atom is -0.426 e. The van der Waals surface area contributed by atoms with Crippen molar-refractivity contribution in [3.05, 3.63) is 77.3 Å². The van der Waals surface area contributed by atoms with Crippen LogP contribution in [0.25, 0.3) is 0 Å². The normalized spacial score (nSPS) is 20.0. The van der Waals surface area contributed by atoms with Crippen LogP contribution >= 0.6 is 0 Å². The van der Waals surface area contributed by atoms with Gasteiger partial charge in [-0.25, -0.2) is 12.8 Å². The predicted molar refractivity (Wildman–Crippen MR) is 110 cm³/mol. The molecule has 3 aromatic rings. The first-order chi connectivity index (χ1) is 14.3. The minimum absolute atomic E-state index is 0.210. The van der Waals surface area contributed by atoms with E-state index < -0.39 is 10.0 Å². The molecule has 0 radical (unpaired) electrons. The Bertz CT molecular complexity index is 1110. The zero-order valence-corrected chi connectivity index (χ0v) is 17.8. The standard InChI is InChI=1S/C22H24FN3O3S/c1-15-3-11-20(12-4-15)30(27,28)26-19(10-14-22-25-24-16(2)29-22)9-13-21(26)17-5-7-18(23)8-6-17/h3-8,11-12,19,21H,9-10,13-14H2,1-2H3. The molecule has 2 atom stereocenters. The number of aromatic nitrogens is 2. The molecule has 1 aliphatic heterocycles. The largest absolute Gasteiger partial charge is 0.426 e. The van der Waals surface area contributed by atoms with Gasteiger partial charge in [-0.05, 0) is 56.0 Å². The molecule has 2 heterocycles. The molecule has 0 amide bonds. The van der Waals surface area contributed by atoms with Gasteiger partial charge in [0.25, 0.3) is 0 Å². The van der Waals surface area contributed by atoms with Crippen LogP contribution in [-0.4, -0.2) is 29.0 Å². The number of nitrogens with zero attached hydrogens (tertiary/aromatic N) is 3. The number of rotatable bonds is 6. The first kappa shape index (κ1) is 20.7. The third kappa shape index (κ3) is 4.15. The predicted octanol–water partition coefficient (Wildman–Crippen LogP) is 4.35. The van der Waals surface area contributed by atoms with Crippen molar-refractivity contribution in [2.45, 2.75) is 56.5 Å². The van der Waals surface area contributed by atoms with E-state index in [1.54, 1.807) is 47.6 Å². The Labute approximate surface area is 175 Å². The topological polar surface area (TPSA) is 76.3 Å². The molecule has 2 unspecified atom stereocenters. The summed E-state index contributed by atoms with van der Waals surface area (Å²) in [7, 11) is -3.74. The second kappa shape index (κ2) is 8.28. The summed E-state index contributed by atoms with van der Waals surface area (Å²) < 4.78 is 47.7. The van der Waals surface area contributed by atoms with Gasteiger partial charge in [0, 0.05) is 19.4 Å². The Balaban J connectivity index is 1.67. The highest BCUT2D eigenvalue weighted by Gasteiger charge is 2.42. The van der Waals surface area contributed by atoms with E-state index in [-0.39, 0.29) is 22.8 Å². The van der Waals surface area contributed by atoms with E-state index >= 15 is 0 Å². The number of hydrogen-bond donors (Lipinski definition) is 0. The zero-order valence-electron chi connectivity index (χ0n) is 17.0. The monoisotopic (exact) mass is 429 g/mol. The number of hydrogen-bond acceptors (Lipinski definition) is 5. The molecule has 1 aliphatic rings. The van der Waals surface area contributed by atoms with Crippen LogP contribution in [0.5, 0.6) is 0 Å². The van der Waals surface area contributed by atoms with Crippen molar-refractivity contribution in [1.29, 1.82) is 0 Å². The smallest absolute Gasteiger partial charge is 0.243 e. The molecule has 8 heteroatoms. The van der Waals surface area contributed by atoms with Gasteiger partial charge < -0.3 is 4.42 Å². The van der Waals surface area contributed by atoms with Crippen molar-refractivity contribution >= 4 is 10.0 Å². The van der Waals surface area contributed by atoms with Gasteiger partial charge in [0.1, 0.15) is 5.82 Å². The van der Waals surface area contributed by atoms with Gasteiger partial charge in [-0.15, -0.1) is 10.2 Å². The summed E-state index contributed by atoms with van der Waals surface area (Å²) in [5.74, 6) is 0.656. The second-order valence-electron chi connectivity index (χ2n) is 7.70. The van der Waals surface area contributed by atoms with Crippen molar-refractivity contribution in [2.24, 2.45) is 0 Å². The molecule has 0 saturated carbocycles. The van der Waals surface area contributed by atoms with Gasteiger partial charge in [0.2, 0.25) is 21.8 Å². The van der Waals surface area contributed by atoms with Gasteiger partial charge in [-0.3, -0.25) is 0 Å². The molecule has 0 spiro atoms. The Kier molecular flexibility index (Phi) is 5.71. The van der Waals surface area contributed by atoms with Gasteiger partial charge >= 0.3 is 0 Å². The van der Waals surface area contributed by atoms with E-state index in [1.807, 2.05) is 6.92 Å². The highest BCUT2D eigenvalue weighted by molar-refractivity contribution is 7.89. The van der Waals surface area contributed by atoms with Crippen molar-refractivity contribution in [3.8, 4) is 0 Å². The van der Waals surface area contributed by atoms with Crippen LogP contribution in [0.3, 0.4) is 0 Å². The van der Waals surface area contributed by atoms with Crippen LogP contribution in [0, 0.1) is 19.7 Å². The fraction of sp³-hybridized carbons (Fsp3) is 0.364. The number of halogens is 1. The highest BCUT2D eigenvalue weighted by atomic mass is 32.2. The lowest BCUT2D eigenvalue weighted by Crippen LogP contribution is -2.37. The lowest BCUT2D eigenvalue weighted by atomic mass is 10.0. The summed E-state index contributed by atoms with van der Waals surface area (Å²) in [5, 5.41) is 7.86. The summed E-state index contributed by atoms with van der Waals surface area (Å²) in [6.45, 7) is 3.65. The fourth-order valence-corrected chi connectivity index (χ4v) is 5.94. The molecule has 1 saturated heterocycles. The van der Waals surface area contributed by atoms with E-state index in [4.69, 9.17) is 4.42 Å². The quantitative estimate of drug-likeness (QED) is 0.582. The van der Waals surface area contributed by atoms with Gasteiger partial charge in [-0.1, -0.05) is 29.8 Å². The van der Waals surface area contributed by atoms with E-state index in [1.165, 1.54) is 12.1 Å². The molecule has 6 nitrogen and oxygen atoms in total. The van der Waals surface area contributed by atoms with Crippen molar-refractivity contribution in [3.63, 3.8) is 0 Å².